The third-order valence-corrected chi connectivity index (χ3v) is 4.67. The highest BCUT2D eigenvalue weighted by atomic mass is 32.1. The molecule has 3 aromatic rings. The molecule has 21 heavy (non-hydrogen) atoms. The van der Waals surface area contributed by atoms with E-state index in [1.54, 1.807) is 28.9 Å². The number of nitrogens with zero attached hydrogens (tertiary/aromatic N) is 4. The molecule has 0 spiro atoms. The summed E-state index contributed by atoms with van der Waals surface area (Å²) in [5.74, 6) is -0.0681. The topological polar surface area (TPSA) is 94.1 Å². The highest BCUT2D eigenvalue weighted by Crippen LogP contribution is 2.33. The Morgan fingerprint density at radius 1 is 1.38 bits per heavy atom. The van der Waals surface area contributed by atoms with Gasteiger partial charge in [0.25, 0.3) is 0 Å². The first kappa shape index (κ1) is 13.8. The smallest absolute Gasteiger partial charge is 0.211 e. The molecule has 0 aliphatic rings. The van der Waals surface area contributed by atoms with Crippen molar-refractivity contribution in [3.05, 3.63) is 33.1 Å². The van der Waals surface area contributed by atoms with E-state index < -0.39 is 0 Å². The molecule has 3 aromatic heterocycles. The Labute approximate surface area is 129 Å². The summed E-state index contributed by atoms with van der Waals surface area (Å²) in [5, 5.41) is 9.57. The summed E-state index contributed by atoms with van der Waals surface area (Å²) in [6.07, 6.45) is 3.59. The van der Waals surface area contributed by atoms with Gasteiger partial charge in [-0.05, 0) is 19.9 Å². The Bertz CT molecular complexity index is 847. The molecule has 3 heterocycles. The molecular weight excluding hydrogens is 304 g/mol. The van der Waals surface area contributed by atoms with E-state index in [1.807, 2.05) is 16.0 Å². The van der Waals surface area contributed by atoms with Crippen molar-refractivity contribution in [3.8, 4) is 11.3 Å². The highest BCUT2D eigenvalue weighted by molar-refractivity contribution is 7.15. The van der Waals surface area contributed by atoms with Crippen LogP contribution in [0.3, 0.4) is 0 Å². The minimum atomic E-state index is -0.0681. The van der Waals surface area contributed by atoms with Gasteiger partial charge < -0.3 is 11.5 Å². The first-order chi connectivity index (χ1) is 10.1. The number of hydrogen-bond acceptors (Lipinski definition) is 5. The average molecular weight is 318 g/mol. The van der Waals surface area contributed by atoms with Crippen LogP contribution in [0.5, 0.6) is 0 Å². The maximum atomic E-state index is 5.30. The number of nitrogens with two attached hydrogens (primary N) is 2. The zero-order chi connectivity index (χ0) is 15.0. The Hall–Kier alpha value is -2.19. The molecule has 108 valence electrons. The van der Waals surface area contributed by atoms with Crippen LogP contribution in [-0.2, 0) is 0 Å². The Balaban J connectivity index is 2.18. The third-order valence-electron chi connectivity index (χ3n) is 2.95. The molecule has 0 amide bonds. The van der Waals surface area contributed by atoms with Crippen LogP contribution in [0.4, 0.5) is 0 Å². The maximum Gasteiger partial charge on any atom is 0.211 e. The molecule has 3 rings (SSSR count). The minimum Gasteiger partial charge on any atom is -0.369 e. The van der Waals surface area contributed by atoms with Crippen molar-refractivity contribution in [1.29, 1.82) is 0 Å². The molecule has 0 aliphatic heterocycles. The lowest BCUT2D eigenvalue weighted by Gasteiger charge is -1.97. The molecule has 0 fully saturated rings. The van der Waals surface area contributed by atoms with Crippen molar-refractivity contribution in [2.75, 3.05) is 0 Å². The number of fused-ring (bicyclic) bond motifs is 1. The monoisotopic (exact) mass is 318 g/mol. The van der Waals surface area contributed by atoms with E-state index in [-0.39, 0.29) is 5.96 Å². The van der Waals surface area contributed by atoms with Crippen molar-refractivity contribution < 1.29 is 0 Å². The van der Waals surface area contributed by atoms with Gasteiger partial charge in [0.05, 0.1) is 11.9 Å². The second kappa shape index (κ2) is 5.30. The second-order valence-electron chi connectivity index (χ2n) is 4.50. The van der Waals surface area contributed by atoms with Crippen LogP contribution >= 0.6 is 22.7 Å². The van der Waals surface area contributed by atoms with Crippen LogP contribution in [-0.4, -0.2) is 21.6 Å². The summed E-state index contributed by atoms with van der Waals surface area (Å²) in [7, 11) is 0. The SMILES string of the molecule is Cc1cc(-c2nc3sccn3c2/C=N/N=C(N)N)c(C)s1. The first-order valence-electron chi connectivity index (χ1n) is 6.21. The quantitative estimate of drug-likeness (QED) is 0.441. The molecule has 0 atom stereocenters. The van der Waals surface area contributed by atoms with Gasteiger partial charge in [-0.1, -0.05) is 0 Å². The van der Waals surface area contributed by atoms with Crippen molar-refractivity contribution >= 4 is 39.8 Å². The molecule has 0 saturated carbocycles. The molecule has 0 unspecified atom stereocenters. The van der Waals surface area contributed by atoms with Crippen LogP contribution in [0.2, 0.25) is 0 Å². The summed E-state index contributed by atoms with van der Waals surface area (Å²) in [5.41, 5.74) is 13.5. The van der Waals surface area contributed by atoms with E-state index in [1.165, 1.54) is 9.75 Å². The van der Waals surface area contributed by atoms with Crippen molar-refractivity contribution in [2.24, 2.45) is 21.7 Å². The molecular formula is C13H14N6S2. The van der Waals surface area contributed by atoms with Gasteiger partial charge in [0.1, 0.15) is 5.69 Å². The van der Waals surface area contributed by atoms with Gasteiger partial charge in [0.15, 0.2) is 4.96 Å². The van der Waals surface area contributed by atoms with Gasteiger partial charge in [-0.15, -0.1) is 27.8 Å². The normalized spacial score (nSPS) is 11.5. The van der Waals surface area contributed by atoms with E-state index in [0.717, 1.165) is 21.9 Å². The standard InChI is InChI=1S/C13H14N6S2/c1-7-5-9(8(2)21-7)11-10(6-16-18-12(14)15)19-3-4-20-13(19)17-11/h3-6H,1-2H3,(H4,14,15,18)/b16-6+. The predicted octanol–water partition coefficient (Wildman–Crippen LogP) is 2.35. The number of thiophene rings is 1. The van der Waals surface area contributed by atoms with Gasteiger partial charge in [0.2, 0.25) is 5.96 Å². The number of imidazole rings is 1. The van der Waals surface area contributed by atoms with Crippen molar-refractivity contribution in [1.82, 2.24) is 9.38 Å². The lowest BCUT2D eigenvalue weighted by Crippen LogP contribution is -2.21. The average Bonchev–Trinajstić information content (AvgIpc) is 3.05. The van der Waals surface area contributed by atoms with Crippen LogP contribution in [0.25, 0.3) is 16.2 Å². The van der Waals surface area contributed by atoms with E-state index in [2.05, 4.69) is 30.1 Å². The Kier molecular flexibility index (Phi) is 3.48. The molecule has 6 nitrogen and oxygen atoms in total. The van der Waals surface area contributed by atoms with Gasteiger partial charge in [-0.2, -0.15) is 5.10 Å². The molecule has 0 aromatic carbocycles. The number of guanidine groups is 1. The maximum absolute atomic E-state index is 5.30. The zero-order valence-electron chi connectivity index (χ0n) is 11.6. The van der Waals surface area contributed by atoms with Crippen LogP contribution in [0.15, 0.2) is 27.8 Å². The van der Waals surface area contributed by atoms with Crippen molar-refractivity contribution in [3.63, 3.8) is 0 Å². The highest BCUT2D eigenvalue weighted by Gasteiger charge is 2.16. The van der Waals surface area contributed by atoms with Gasteiger partial charge >= 0.3 is 0 Å². The van der Waals surface area contributed by atoms with Crippen LogP contribution in [0.1, 0.15) is 15.4 Å². The number of aromatic nitrogens is 2. The summed E-state index contributed by atoms with van der Waals surface area (Å²) >= 11 is 3.33. The zero-order valence-corrected chi connectivity index (χ0v) is 13.2. The van der Waals surface area contributed by atoms with Crippen LogP contribution < -0.4 is 11.5 Å². The first-order valence-corrected chi connectivity index (χ1v) is 7.91. The van der Waals surface area contributed by atoms with Gasteiger partial charge in [-0.3, -0.25) is 4.40 Å². The van der Waals surface area contributed by atoms with Crippen molar-refractivity contribution in [2.45, 2.75) is 13.8 Å². The van der Waals surface area contributed by atoms with Gasteiger partial charge in [0, 0.05) is 26.9 Å². The lowest BCUT2D eigenvalue weighted by molar-refractivity contribution is 1.18. The fraction of sp³-hybridized carbons (Fsp3) is 0.154. The molecule has 4 N–H and O–H groups in total. The molecule has 0 radical (unpaired) electrons. The Morgan fingerprint density at radius 3 is 2.86 bits per heavy atom. The molecule has 0 saturated heterocycles. The number of aryl methyl sites for hydroxylation is 2. The number of hydrogen-bond donors (Lipinski definition) is 2. The molecule has 0 bridgehead atoms. The fourth-order valence-electron chi connectivity index (χ4n) is 2.14. The minimum absolute atomic E-state index is 0.0681. The summed E-state index contributed by atoms with van der Waals surface area (Å²) in [6.45, 7) is 4.18. The van der Waals surface area contributed by atoms with E-state index in [0.29, 0.717) is 0 Å². The molecule has 8 heteroatoms. The third kappa shape index (κ3) is 2.55. The largest absolute Gasteiger partial charge is 0.369 e. The van der Waals surface area contributed by atoms with E-state index in [4.69, 9.17) is 16.5 Å². The predicted molar refractivity (Wildman–Crippen MR) is 89.3 cm³/mol. The fourth-order valence-corrected chi connectivity index (χ4v) is 3.79. The summed E-state index contributed by atoms with van der Waals surface area (Å²) in [4.78, 5) is 8.10. The Morgan fingerprint density at radius 2 is 2.19 bits per heavy atom. The lowest BCUT2D eigenvalue weighted by atomic mass is 10.1. The number of rotatable bonds is 3. The number of thiazole rings is 1. The summed E-state index contributed by atoms with van der Waals surface area (Å²) < 4.78 is 1.98. The van der Waals surface area contributed by atoms with Gasteiger partial charge in [-0.25, -0.2) is 4.98 Å². The van der Waals surface area contributed by atoms with E-state index >= 15 is 0 Å². The second-order valence-corrected chi connectivity index (χ2v) is 6.83. The summed E-state index contributed by atoms with van der Waals surface area (Å²) in [6, 6.07) is 2.14. The van der Waals surface area contributed by atoms with Crippen LogP contribution in [0, 0.1) is 13.8 Å². The van der Waals surface area contributed by atoms with E-state index in [9.17, 15) is 0 Å². The molecule has 0 aliphatic carbocycles.